The van der Waals surface area contributed by atoms with Gasteiger partial charge in [-0.2, -0.15) is 0 Å². The predicted octanol–water partition coefficient (Wildman–Crippen LogP) is 6.17. The molecule has 0 aliphatic heterocycles. The maximum absolute atomic E-state index is 13.9. The predicted molar refractivity (Wildman–Crippen MR) is 81.0 cm³/mol. The lowest BCUT2D eigenvalue weighted by Gasteiger charge is -2.14. The van der Waals surface area contributed by atoms with E-state index < -0.39 is 16.5 Å². The second-order valence-electron chi connectivity index (χ2n) is 4.15. The molecular formula is C14H9Br2ClF2. The summed E-state index contributed by atoms with van der Waals surface area (Å²) in [5.74, 6) is -0.867. The van der Waals surface area contributed by atoms with Crippen LogP contribution in [-0.4, -0.2) is 0 Å². The maximum atomic E-state index is 13.9. The van der Waals surface area contributed by atoms with Crippen LogP contribution in [0.1, 0.15) is 21.5 Å². The minimum Gasteiger partial charge on any atom is -0.207 e. The number of hydrogen-bond acceptors (Lipinski definition) is 0. The largest absolute Gasteiger partial charge is 0.207 e. The lowest BCUT2D eigenvalue weighted by atomic mass is 10.0. The fraction of sp³-hybridized carbons (Fsp3) is 0.143. The fourth-order valence-corrected chi connectivity index (χ4v) is 3.70. The van der Waals surface area contributed by atoms with E-state index in [-0.39, 0.29) is 11.1 Å². The molecule has 0 aliphatic carbocycles. The summed E-state index contributed by atoms with van der Waals surface area (Å²) in [6, 6.07) is 7.60. The molecule has 0 N–H and O–H groups in total. The molecular weight excluding hydrogens is 401 g/mol. The molecule has 0 nitrogen and oxygen atoms in total. The molecule has 2 aromatic carbocycles. The van der Waals surface area contributed by atoms with Crippen LogP contribution in [0.25, 0.3) is 0 Å². The van der Waals surface area contributed by atoms with E-state index in [1.165, 1.54) is 19.1 Å². The molecule has 5 heteroatoms. The van der Waals surface area contributed by atoms with E-state index in [2.05, 4.69) is 31.9 Å². The van der Waals surface area contributed by atoms with E-state index in [1.54, 1.807) is 18.2 Å². The van der Waals surface area contributed by atoms with Crippen molar-refractivity contribution in [1.29, 1.82) is 0 Å². The first kappa shape index (κ1) is 14.9. The third-order valence-corrected chi connectivity index (χ3v) is 4.69. The van der Waals surface area contributed by atoms with E-state index in [1.807, 2.05) is 0 Å². The molecule has 0 aromatic heterocycles. The molecule has 19 heavy (non-hydrogen) atoms. The summed E-state index contributed by atoms with van der Waals surface area (Å²) in [5, 5.41) is 0.575. The average Bonchev–Trinajstić information content (AvgIpc) is 2.33. The minimum atomic E-state index is -0.450. The molecule has 0 saturated carbocycles. The number of alkyl halides is 1. The summed E-state index contributed by atoms with van der Waals surface area (Å²) >= 11 is 12.6. The van der Waals surface area contributed by atoms with Gasteiger partial charge in [-0.15, -0.1) is 0 Å². The second-order valence-corrected chi connectivity index (χ2v) is 6.36. The third-order valence-electron chi connectivity index (χ3n) is 2.79. The Kier molecular flexibility index (Phi) is 4.64. The third kappa shape index (κ3) is 3.18. The zero-order valence-corrected chi connectivity index (χ0v) is 13.8. The minimum absolute atomic E-state index is 0.256. The first-order chi connectivity index (χ1) is 8.90. The van der Waals surface area contributed by atoms with Crippen molar-refractivity contribution in [2.75, 3.05) is 0 Å². The van der Waals surface area contributed by atoms with Gasteiger partial charge in [-0.05, 0) is 42.3 Å². The SMILES string of the molecule is Cc1cc(F)c(C(Br)c2ccc(Cl)cc2Br)cc1F. The van der Waals surface area contributed by atoms with E-state index in [4.69, 9.17) is 11.6 Å². The lowest BCUT2D eigenvalue weighted by molar-refractivity contribution is 0.581. The van der Waals surface area contributed by atoms with Crippen molar-refractivity contribution >= 4 is 43.5 Å². The van der Waals surface area contributed by atoms with Gasteiger partial charge in [0.1, 0.15) is 11.6 Å². The Labute approximate surface area is 132 Å². The molecule has 0 spiro atoms. The monoisotopic (exact) mass is 408 g/mol. The van der Waals surface area contributed by atoms with Gasteiger partial charge in [0.05, 0.1) is 4.83 Å². The molecule has 0 bridgehead atoms. The summed E-state index contributed by atoms with van der Waals surface area (Å²) < 4.78 is 28.3. The van der Waals surface area contributed by atoms with Crippen molar-refractivity contribution in [3.8, 4) is 0 Å². The number of aryl methyl sites for hydroxylation is 1. The van der Waals surface area contributed by atoms with Gasteiger partial charge < -0.3 is 0 Å². The summed E-state index contributed by atoms with van der Waals surface area (Å²) in [4.78, 5) is -0.450. The molecule has 0 amide bonds. The lowest BCUT2D eigenvalue weighted by Crippen LogP contribution is -2.00. The molecule has 0 radical (unpaired) electrons. The van der Waals surface area contributed by atoms with Gasteiger partial charge in [0, 0.05) is 15.1 Å². The van der Waals surface area contributed by atoms with E-state index in [0.29, 0.717) is 5.02 Å². The van der Waals surface area contributed by atoms with E-state index in [0.717, 1.165) is 10.0 Å². The molecule has 0 fully saturated rings. The van der Waals surface area contributed by atoms with Gasteiger partial charge in [-0.3, -0.25) is 0 Å². The average molecular weight is 410 g/mol. The smallest absolute Gasteiger partial charge is 0.128 e. The highest BCUT2D eigenvalue weighted by Crippen LogP contribution is 2.38. The summed E-state index contributed by atoms with van der Waals surface area (Å²) in [5.41, 5.74) is 1.33. The normalized spacial score (nSPS) is 12.5. The molecule has 1 atom stereocenters. The highest BCUT2D eigenvalue weighted by Gasteiger charge is 2.19. The van der Waals surface area contributed by atoms with Gasteiger partial charge in [-0.1, -0.05) is 49.5 Å². The highest BCUT2D eigenvalue weighted by atomic mass is 79.9. The molecule has 0 heterocycles. The molecule has 2 aromatic rings. The van der Waals surface area contributed by atoms with Crippen LogP contribution in [0.4, 0.5) is 8.78 Å². The van der Waals surface area contributed by atoms with Gasteiger partial charge >= 0.3 is 0 Å². The van der Waals surface area contributed by atoms with Crippen molar-refractivity contribution < 1.29 is 8.78 Å². The molecule has 2 rings (SSSR count). The van der Waals surface area contributed by atoms with Crippen molar-refractivity contribution in [1.82, 2.24) is 0 Å². The van der Waals surface area contributed by atoms with Crippen LogP contribution in [0.15, 0.2) is 34.8 Å². The topological polar surface area (TPSA) is 0 Å². The van der Waals surface area contributed by atoms with Crippen molar-refractivity contribution in [3.63, 3.8) is 0 Å². The molecule has 100 valence electrons. The van der Waals surface area contributed by atoms with Crippen LogP contribution in [0.2, 0.25) is 5.02 Å². The molecule has 0 aliphatic rings. The van der Waals surface area contributed by atoms with Crippen LogP contribution in [0.3, 0.4) is 0 Å². The Balaban J connectivity index is 2.49. The first-order valence-electron chi connectivity index (χ1n) is 5.44. The van der Waals surface area contributed by atoms with Crippen LogP contribution in [0.5, 0.6) is 0 Å². The van der Waals surface area contributed by atoms with Crippen molar-refractivity contribution in [2.24, 2.45) is 0 Å². The number of rotatable bonds is 2. The Morgan fingerprint density at radius 3 is 2.37 bits per heavy atom. The Hall–Kier alpha value is -0.450. The van der Waals surface area contributed by atoms with Crippen molar-refractivity contribution in [3.05, 3.63) is 68.2 Å². The Morgan fingerprint density at radius 2 is 1.74 bits per heavy atom. The van der Waals surface area contributed by atoms with Crippen molar-refractivity contribution in [2.45, 2.75) is 11.8 Å². The molecule has 0 saturated heterocycles. The summed E-state index contributed by atoms with van der Waals surface area (Å²) in [6.45, 7) is 1.53. The second kappa shape index (κ2) is 5.90. The fourth-order valence-electron chi connectivity index (χ4n) is 1.73. The van der Waals surface area contributed by atoms with E-state index in [9.17, 15) is 8.78 Å². The number of hydrogen-bond donors (Lipinski definition) is 0. The zero-order chi connectivity index (χ0) is 14.2. The Morgan fingerprint density at radius 1 is 1.05 bits per heavy atom. The number of benzene rings is 2. The van der Waals surface area contributed by atoms with Gasteiger partial charge in [-0.25, -0.2) is 8.78 Å². The van der Waals surface area contributed by atoms with Gasteiger partial charge in [0.2, 0.25) is 0 Å². The maximum Gasteiger partial charge on any atom is 0.128 e. The quantitative estimate of drug-likeness (QED) is 0.519. The summed E-state index contributed by atoms with van der Waals surface area (Å²) in [6.07, 6.45) is 0. The van der Waals surface area contributed by atoms with Crippen LogP contribution in [-0.2, 0) is 0 Å². The van der Waals surface area contributed by atoms with Crippen LogP contribution >= 0.6 is 43.5 Å². The standard InChI is InChI=1S/C14H9Br2ClF2/c1-7-4-13(19)10(6-12(7)18)14(16)9-3-2-8(17)5-11(9)15/h2-6,14H,1H3. The number of halogens is 5. The Bertz CT molecular complexity index is 629. The zero-order valence-electron chi connectivity index (χ0n) is 9.85. The summed E-state index contributed by atoms with van der Waals surface area (Å²) in [7, 11) is 0. The molecule has 1 unspecified atom stereocenters. The van der Waals surface area contributed by atoms with Crippen LogP contribution in [0, 0.1) is 18.6 Å². The van der Waals surface area contributed by atoms with E-state index >= 15 is 0 Å². The van der Waals surface area contributed by atoms with Crippen LogP contribution < -0.4 is 0 Å². The first-order valence-corrected chi connectivity index (χ1v) is 7.53. The highest BCUT2D eigenvalue weighted by molar-refractivity contribution is 9.11. The van der Waals surface area contributed by atoms with Gasteiger partial charge in [0.25, 0.3) is 0 Å². The van der Waals surface area contributed by atoms with Gasteiger partial charge in [0.15, 0.2) is 0 Å².